The van der Waals surface area contributed by atoms with Crippen molar-refractivity contribution in [2.75, 3.05) is 14.2 Å². The van der Waals surface area contributed by atoms with E-state index in [1.54, 1.807) is 30.3 Å². The summed E-state index contributed by atoms with van der Waals surface area (Å²) in [5.74, 6) is -0.674. The Morgan fingerprint density at radius 3 is 2.55 bits per heavy atom. The molecule has 0 amide bonds. The molecule has 2 aromatic rings. The fourth-order valence-corrected chi connectivity index (χ4v) is 2.44. The van der Waals surface area contributed by atoms with E-state index in [1.165, 1.54) is 26.5 Å². The standard InChI is InChI=1S/C20H19F3N2O4/c1-27-19(26)18(25-28-2)17-9-4-3-7-15(17)13-29-24-11-10-14-6-5-8-16(12-14)20(21,22)23/h3-9,11-12H,10,13H2,1-2H3/b24-11+,25-18+. The first-order valence-electron chi connectivity index (χ1n) is 8.44. The quantitative estimate of drug-likeness (QED) is 0.377. The zero-order valence-electron chi connectivity index (χ0n) is 15.8. The molecule has 0 N–H and O–H groups in total. The molecule has 154 valence electrons. The van der Waals surface area contributed by atoms with Gasteiger partial charge in [-0.25, -0.2) is 4.79 Å². The number of methoxy groups -OCH3 is 1. The van der Waals surface area contributed by atoms with Crippen molar-refractivity contribution in [2.24, 2.45) is 10.3 Å². The number of halogens is 3. The van der Waals surface area contributed by atoms with Gasteiger partial charge in [0.25, 0.3) is 0 Å². The van der Waals surface area contributed by atoms with Crippen LogP contribution in [0.3, 0.4) is 0 Å². The van der Waals surface area contributed by atoms with Crippen molar-refractivity contribution in [3.8, 4) is 0 Å². The number of hydrogen-bond acceptors (Lipinski definition) is 6. The van der Waals surface area contributed by atoms with Crippen molar-refractivity contribution < 1.29 is 32.4 Å². The van der Waals surface area contributed by atoms with E-state index in [1.807, 2.05) is 0 Å². The second kappa shape index (κ2) is 10.3. The molecule has 0 aromatic heterocycles. The molecule has 0 radical (unpaired) electrons. The lowest BCUT2D eigenvalue weighted by atomic mass is 10.0. The highest BCUT2D eigenvalue weighted by atomic mass is 19.4. The Balaban J connectivity index is 2.03. The maximum Gasteiger partial charge on any atom is 0.416 e. The van der Waals surface area contributed by atoms with Crippen LogP contribution in [0.15, 0.2) is 58.8 Å². The molecule has 0 bridgehead atoms. The molecule has 0 atom stereocenters. The smallest absolute Gasteiger partial charge is 0.416 e. The lowest BCUT2D eigenvalue weighted by Gasteiger charge is -2.09. The highest BCUT2D eigenvalue weighted by Gasteiger charge is 2.30. The van der Waals surface area contributed by atoms with Crippen molar-refractivity contribution >= 4 is 17.9 Å². The van der Waals surface area contributed by atoms with E-state index >= 15 is 0 Å². The molecule has 6 nitrogen and oxygen atoms in total. The van der Waals surface area contributed by atoms with Crippen molar-refractivity contribution in [3.63, 3.8) is 0 Å². The summed E-state index contributed by atoms with van der Waals surface area (Å²) in [4.78, 5) is 21.8. The summed E-state index contributed by atoms with van der Waals surface area (Å²) in [5.41, 5.74) is 0.764. The maximum atomic E-state index is 12.7. The number of benzene rings is 2. The van der Waals surface area contributed by atoms with Crippen molar-refractivity contribution in [2.45, 2.75) is 19.2 Å². The molecule has 29 heavy (non-hydrogen) atoms. The van der Waals surface area contributed by atoms with Gasteiger partial charge < -0.3 is 14.4 Å². The summed E-state index contributed by atoms with van der Waals surface area (Å²) in [6, 6.07) is 11.8. The number of ether oxygens (including phenoxy) is 1. The zero-order valence-corrected chi connectivity index (χ0v) is 15.8. The largest absolute Gasteiger partial charge is 0.464 e. The predicted molar refractivity (Wildman–Crippen MR) is 100 cm³/mol. The topological polar surface area (TPSA) is 69.5 Å². The van der Waals surface area contributed by atoms with E-state index in [0.29, 0.717) is 16.7 Å². The number of nitrogens with zero attached hydrogens (tertiary/aromatic N) is 2. The lowest BCUT2D eigenvalue weighted by molar-refractivity contribution is -0.137. The number of alkyl halides is 3. The highest BCUT2D eigenvalue weighted by Crippen LogP contribution is 2.29. The van der Waals surface area contributed by atoms with E-state index in [2.05, 4.69) is 10.3 Å². The third-order valence-electron chi connectivity index (χ3n) is 3.78. The third kappa shape index (κ3) is 6.34. The normalized spacial score (nSPS) is 12.1. The second-order valence-corrected chi connectivity index (χ2v) is 5.73. The van der Waals surface area contributed by atoms with Gasteiger partial charge in [0, 0.05) is 23.8 Å². The van der Waals surface area contributed by atoms with Crippen LogP contribution in [-0.2, 0) is 38.4 Å². The van der Waals surface area contributed by atoms with Crippen LogP contribution in [0, 0.1) is 0 Å². The molecular formula is C20H19F3N2O4. The van der Waals surface area contributed by atoms with Gasteiger partial charge in [0.2, 0.25) is 0 Å². The molecule has 9 heteroatoms. The summed E-state index contributed by atoms with van der Waals surface area (Å²) in [7, 11) is 2.53. The van der Waals surface area contributed by atoms with Gasteiger partial charge in [-0.3, -0.25) is 0 Å². The number of carbonyl (C=O) groups excluding carboxylic acids is 1. The maximum absolute atomic E-state index is 12.7. The van der Waals surface area contributed by atoms with E-state index in [9.17, 15) is 18.0 Å². The second-order valence-electron chi connectivity index (χ2n) is 5.73. The Morgan fingerprint density at radius 1 is 1.10 bits per heavy atom. The number of rotatable bonds is 8. The van der Waals surface area contributed by atoms with Gasteiger partial charge in [0.1, 0.15) is 13.7 Å². The Kier molecular flexibility index (Phi) is 7.76. The Bertz CT molecular complexity index is 895. The number of esters is 1. The van der Waals surface area contributed by atoms with Crippen LogP contribution in [0.5, 0.6) is 0 Å². The monoisotopic (exact) mass is 408 g/mol. The average Bonchev–Trinajstić information content (AvgIpc) is 2.71. The molecule has 2 rings (SSSR count). The molecule has 0 spiro atoms. The number of hydrogen-bond donors (Lipinski definition) is 0. The van der Waals surface area contributed by atoms with Crippen molar-refractivity contribution in [1.82, 2.24) is 0 Å². The van der Waals surface area contributed by atoms with E-state index in [4.69, 9.17) is 14.4 Å². The first-order chi connectivity index (χ1) is 13.9. The third-order valence-corrected chi connectivity index (χ3v) is 3.78. The molecule has 0 aliphatic rings. The highest BCUT2D eigenvalue weighted by molar-refractivity contribution is 6.43. The van der Waals surface area contributed by atoms with Gasteiger partial charge in [-0.2, -0.15) is 13.2 Å². The van der Waals surface area contributed by atoms with Crippen LogP contribution in [0.1, 0.15) is 22.3 Å². The zero-order chi connectivity index (χ0) is 21.3. The number of oxime groups is 2. The van der Waals surface area contributed by atoms with Gasteiger partial charge in [0.15, 0.2) is 5.71 Å². The molecule has 0 aliphatic heterocycles. The predicted octanol–water partition coefficient (Wildman–Crippen LogP) is 3.97. The minimum Gasteiger partial charge on any atom is -0.464 e. The summed E-state index contributed by atoms with van der Waals surface area (Å²) >= 11 is 0. The molecule has 0 saturated carbocycles. The summed E-state index contributed by atoms with van der Waals surface area (Å²) < 4.78 is 42.9. The van der Waals surface area contributed by atoms with Crippen molar-refractivity contribution in [3.05, 3.63) is 70.8 Å². The summed E-state index contributed by atoms with van der Waals surface area (Å²) in [6.07, 6.45) is -2.86. The van der Waals surface area contributed by atoms with Crippen LogP contribution in [-0.4, -0.2) is 32.1 Å². The summed E-state index contributed by atoms with van der Waals surface area (Å²) in [5, 5.41) is 7.47. The fraction of sp³-hybridized carbons (Fsp3) is 0.250. The molecule has 0 aliphatic carbocycles. The van der Waals surface area contributed by atoms with Gasteiger partial charge in [0.05, 0.1) is 12.7 Å². The Morgan fingerprint density at radius 2 is 1.86 bits per heavy atom. The van der Waals surface area contributed by atoms with Crippen LogP contribution < -0.4 is 0 Å². The average molecular weight is 408 g/mol. The Hall–Kier alpha value is -3.36. The van der Waals surface area contributed by atoms with E-state index in [0.717, 1.165) is 12.1 Å². The van der Waals surface area contributed by atoms with E-state index in [-0.39, 0.29) is 18.7 Å². The minimum absolute atomic E-state index is 0.00892. The Labute approximate surface area is 165 Å². The van der Waals surface area contributed by atoms with Gasteiger partial charge in [-0.1, -0.05) is 52.8 Å². The van der Waals surface area contributed by atoms with Crippen LogP contribution >= 0.6 is 0 Å². The minimum atomic E-state index is -4.39. The first kappa shape index (κ1) is 21.9. The van der Waals surface area contributed by atoms with Gasteiger partial charge in [-0.05, 0) is 11.6 Å². The van der Waals surface area contributed by atoms with Crippen LogP contribution in [0.4, 0.5) is 13.2 Å². The molecule has 0 saturated heterocycles. The lowest BCUT2D eigenvalue weighted by Crippen LogP contribution is -2.19. The SMILES string of the molecule is CO/N=C(/C(=O)OC)c1ccccc1CO/N=C/Cc1cccc(C(F)(F)F)c1. The first-order valence-corrected chi connectivity index (χ1v) is 8.44. The molecule has 0 unspecified atom stereocenters. The molecule has 0 heterocycles. The van der Waals surface area contributed by atoms with Gasteiger partial charge >= 0.3 is 12.1 Å². The van der Waals surface area contributed by atoms with E-state index < -0.39 is 17.7 Å². The fourth-order valence-electron chi connectivity index (χ4n) is 2.44. The molecule has 2 aromatic carbocycles. The molecular weight excluding hydrogens is 389 g/mol. The van der Waals surface area contributed by atoms with Crippen molar-refractivity contribution in [1.29, 1.82) is 0 Å². The molecule has 0 fully saturated rings. The van der Waals surface area contributed by atoms with Crippen LogP contribution in [0.25, 0.3) is 0 Å². The van der Waals surface area contributed by atoms with Crippen LogP contribution in [0.2, 0.25) is 0 Å². The number of carbonyl (C=O) groups is 1. The van der Waals surface area contributed by atoms with Gasteiger partial charge in [-0.15, -0.1) is 0 Å². The summed E-state index contributed by atoms with van der Waals surface area (Å²) in [6.45, 7) is 0.00892.